The second kappa shape index (κ2) is 6.95. The highest BCUT2D eigenvalue weighted by Crippen LogP contribution is 2.16. The lowest BCUT2D eigenvalue weighted by Gasteiger charge is -2.06. The van der Waals surface area contributed by atoms with Crippen LogP contribution in [0.4, 0.5) is 0 Å². The number of nitrogens with one attached hydrogen (secondary N) is 1. The molecule has 1 heterocycles. The number of hydrogen-bond acceptors (Lipinski definition) is 4. The number of nitrogens with zero attached hydrogens (tertiary/aromatic N) is 2. The third-order valence-electron chi connectivity index (χ3n) is 3.01. The molecule has 5 nitrogen and oxygen atoms in total. The summed E-state index contributed by atoms with van der Waals surface area (Å²) < 4.78 is 0. The molecule has 0 aliphatic rings. The maximum atomic E-state index is 12.0. The minimum atomic E-state index is -0.176. The van der Waals surface area contributed by atoms with E-state index in [-0.39, 0.29) is 11.6 Å². The number of halogens is 1. The van der Waals surface area contributed by atoms with E-state index >= 15 is 0 Å². The molecule has 7 heteroatoms. The van der Waals surface area contributed by atoms with Gasteiger partial charge < -0.3 is 10.7 Å². The van der Waals surface area contributed by atoms with Gasteiger partial charge in [-0.3, -0.25) is 9.79 Å². The number of thioether (sulfide) groups is 1. The Morgan fingerprint density at radius 2 is 2.33 bits per heavy atom. The van der Waals surface area contributed by atoms with E-state index in [0.717, 1.165) is 6.42 Å². The molecule has 1 aromatic carbocycles. The number of nitrogens with two attached hydrogens (primary N) is 1. The fourth-order valence-corrected chi connectivity index (χ4v) is 2.56. The maximum Gasteiger partial charge on any atom is 0.258 e. The van der Waals surface area contributed by atoms with Crippen LogP contribution >= 0.6 is 23.4 Å². The molecule has 0 unspecified atom stereocenters. The fourth-order valence-electron chi connectivity index (χ4n) is 1.72. The quantitative estimate of drug-likeness (QED) is 0.669. The van der Waals surface area contributed by atoms with Gasteiger partial charge in [0.05, 0.1) is 16.7 Å². The summed E-state index contributed by atoms with van der Waals surface area (Å²) in [6, 6.07) is 5.21. The number of aromatic nitrogens is 2. The molecule has 1 atom stereocenters. The normalized spacial score (nSPS) is 13.6. The van der Waals surface area contributed by atoms with E-state index in [1.165, 1.54) is 11.8 Å². The van der Waals surface area contributed by atoms with Gasteiger partial charge in [0.1, 0.15) is 5.82 Å². The molecule has 0 bridgehead atoms. The number of fused-ring (bicyclic) bond motifs is 1. The molecule has 112 valence electrons. The summed E-state index contributed by atoms with van der Waals surface area (Å²) in [7, 11) is 0. The van der Waals surface area contributed by atoms with Crippen molar-refractivity contribution in [1.29, 1.82) is 0 Å². The molecule has 0 aliphatic carbocycles. The van der Waals surface area contributed by atoms with Gasteiger partial charge in [0.2, 0.25) is 0 Å². The summed E-state index contributed by atoms with van der Waals surface area (Å²) in [6.07, 6.45) is 0.935. The zero-order chi connectivity index (χ0) is 15.4. The Hall–Kier alpha value is -1.53. The second-order valence-corrected chi connectivity index (χ2v) is 6.12. The van der Waals surface area contributed by atoms with Crippen LogP contribution in [0.1, 0.15) is 26.1 Å². The summed E-state index contributed by atoms with van der Waals surface area (Å²) in [5, 5.41) is 1.57. The lowest BCUT2D eigenvalue weighted by atomic mass is 10.2. The number of H-pyrrole nitrogens is 1. The Morgan fingerprint density at radius 3 is 3.05 bits per heavy atom. The van der Waals surface area contributed by atoms with Gasteiger partial charge in [-0.1, -0.05) is 30.3 Å². The monoisotopic (exact) mass is 324 g/mol. The van der Waals surface area contributed by atoms with Crippen molar-refractivity contribution in [1.82, 2.24) is 9.97 Å². The van der Waals surface area contributed by atoms with Crippen LogP contribution in [0.3, 0.4) is 0 Å². The molecule has 2 aromatic rings. The van der Waals surface area contributed by atoms with E-state index in [2.05, 4.69) is 21.9 Å². The van der Waals surface area contributed by atoms with Gasteiger partial charge in [0, 0.05) is 11.1 Å². The van der Waals surface area contributed by atoms with Crippen LogP contribution in [0.25, 0.3) is 10.9 Å². The second-order valence-electron chi connectivity index (χ2n) is 4.69. The predicted octanol–water partition coefficient (Wildman–Crippen LogP) is 2.92. The third kappa shape index (κ3) is 4.22. The van der Waals surface area contributed by atoms with Gasteiger partial charge in [0.25, 0.3) is 5.56 Å². The van der Waals surface area contributed by atoms with Gasteiger partial charge in [-0.15, -0.1) is 0 Å². The molecule has 0 radical (unpaired) electrons. The minimum absolute atomic E-state index is 0.176. The molecule has 3 N–H and O–H groups in total. The molecule has 0 fully saturated rings. The standard InChI is InChI=1S/C14H17ClN4OS/c1-3-8(2)17-14(16)21-7-12-18-11-6-9(15)4-5-10(11)13(20)19-12/h4-6,8H,3,7H2,1-2H3,(H2,16,17)(H,18,19,20)/t8-/m0/s1. The lowest BCUT2D eigenvalue weighted by molar-refractivity contribution is 0.718. The molecule has 0 saturated carbocycles. The van der Waals surface area contributed by atoms with E-state index < -0.39 is 0 Å². The first kappa shape index (κ1) is 15.9. The summed E-state index contributed by atoms with van der Waals surface area (Å²) in [5.74, 6) is 1.02. The Bertz CT molecular complexity index is 728. The van der Waals surface area contributed by atoms with Crippen LogP contribution in [0.15, 0.2) is 28.0 Å². The minimum Gasteiger partial charge on any atom is -0.379 e. The summed E-state index contributed by atoms with van der Waals surface area (Å²) in [4.78, 5) is 23.4. The van der Waals surface area contributed by atoms with E-state index in [4.69, 9.17) is 17.3 Å². The van der Waals surface area contributed by atoms with Gasteiger partial charge in [-0.2, -0.15) is 0 Å². The van der Waals surface area contributed by atoms with Gasteiger partial charge >= 0.3 is 0 Å². The number of amidine groups is 1. The number of hydrogen-bond donors (Lipinski definition) is 2. The Labute approximate surface area is 132 Å². The smallest absolute Gasteiger partial charge is 0.258 e. The highest BCUT2D eigenvalue weighted by atomic mass is 35.5. The van der Waals surface area contributed by atoms with E-state index in [9.17, 15) is 4.79 Å². The number of aliphatic imine (C=N–C) groups is 1. The Kier molecular flexibility index (Phi) is 5.25. The summed E-state index contributed by atoms with van der Waals surface area (Å²) >= 11 is 7.28. The number of benzene rings is 1. The molecule has 2 rings (SSSR count). The van der Waals surface area contributed by atoms with E-state index in [0.29, 0.717) is 32.7 Å². The molecule has 0 saturated heterocycles. The van der Waals surface area contributed by atoms with E-state index in [1.807, 2.05) is 6.92 Å². The highest BCUT2D eigenvalue weighted by Gasteiger charge is 2.06. The van der Waals surface area contributed by atoms with Crippen LogP contribution in [0, 0.1) is 0 Å². The molecule has 0 spiro atoms. The number of rotatable bonds is 4. The van der Waals surface area contributed by atoms with Crippen LogP contribution in [0.5, 0.6) is 0 Å². The molecular weight excluding hydrogens is 308 g/mol. The van der Waals surface area contributed by atoms with Crippen LogP contribution in [-0.4, -0.2) is 21.2 Å². The molecule has 1 aromatic heterocycles. The van der Waals surface area contributed by atoms with Crippen LogP contribution in [-0.2, 0) is 5.75 Å². The topological polar surface area (TPSA) is 84.1 Å². The van der Waals surface area contributed by atoms with Crippen molar-refractivity contribution in [3.63, 3.8) is 0 Å². The van der Waals surface area contributed by atoms with Crippen molar-refractivity contribution in [2.45, 2.75) is 32.1 Å². The zero-order valence-electron chi connectivity index (χ0n) is 11.9. The summed E-state index contributed by atoms with van der Waals surface area (Å²) in [6.45, 7) is 4.06. The van der Waals surface area contributed by atoms with Crippen molar-refractivity contribution >= 4 is 39.4 Å². The number of aromatic amines is 1. The van der Waals surface area contributed by atoms with Crippen molar-refractivity contribution in [2.75, 3.05) is 0 Å². The predicted molar refractivity (Wildman–Crippen MR) is 90.0 cm³/mol. The average molecular weight is 325 g/mol. The lowest BCUT2D eigenvalue weighted by Crippen LogP contribution is -2.14. The van der Waals surface area contributed by atoms with Crippen molar-refractivity contribution in [3.8, 4) is 0 Å². The zero-order valence-corrected chi connectivity index (χ0v) is 13.5. The van der Waals surface area contributed by atoms with Gasteiger partial charge in [-0.05, 0) is 31.5 Å². The van der Waals surface area contributed by atoms with Crippen molar-refractivity contribution < 1.29 is 0 Å². The SMILES string of the molecule is CC[C@H](C)N=C(N)SCc1nc2cc(Cl)ccc2c(=O)[nH]1. The van der Waals surface area contributed by atoms with Crippen LogP contribution in [0.2, 0.25) is 5.02 Å². The Morgan fingerprint density at radius 1 is 1.57 bits per heavy atom. The largest absolute Gasteiger partial charge is 0.379 e. The van der Waals surface area contributed by atoms with E-state index in [1.54, 1.807) is 18.2 Å². The molecular formula is C14H17ClN4OS. The van der Waals surface area contributed by atoms with Crippen molar-refractivity contribution in [3.05, 3.63) is 39.4 Å². The molecule has 21 heavy (non-hydrogen) atoms. The maximum absolute atomic E-state index is 12.0. The first-order chi connectivity index (χ1) is 9.99. The Balaban J connectivity index is 2.20. The third-order valence-corrected chi connectivity index (χ3v) is 4.07. The van der Waals surface area contributed by atoms with Gasteiger partial charge in [0.15, 0.2) is 5.17 Å². The van der Waals surface area contributed by atoms with Gasteiger partial charge in [-0.25, -0.2) is 4.98 Å². The molecule has 0 aliphatic heterocycles. The van der Waals surface area contributed by atoms with Crippen LogP contribution < -0.4 is 11.3 Å². The first-order valence-electron chi connectivity index (χ1n) is 6.64. The summed E-state index contributed by atoms with van der Waals surface area (Å²) in [5.41, 5.74) is 6.25. The average Bonchev–Trinajstić information content (AvgIpc) is 2.44. The highest BCUT2D eigenvalue weighted by molar-refractivity contribution is 8.13. The molecule has 0 amide bonds. The fraction of sp³-hybridized carbons (Fsp3) is 0.357. The van der Waals surface area contributed by atoms with Crippen molar-refractivity contribution in [2.24, 2.45) is 10.7 Å². The first-order valence-corrected chi connectivity index (χ1v) is 8.00.